The molecule has 138 valence electrons. The van der Waals surface area contributed by atoms with Crippen molar-refractivity contribution in [1.82, 2.24) is 0 Å². The summed E-state index contributed by atoms with van der Waals surface area (Å²) in [4.78, 5) is 27.2. The Balaban J connectivity index is 1.89. The van der Waals surface area contributed by atoms with Crippen LogP contribution in [0.25, 0.3) is 0 Å². The van der Waals surface area contributed by atoms with Crippen LogP contribution in [0.15, 0.2) is 53.4 Å². The number of esters is 1. The number of amides is 1. The fraction of sp³-hybridized carbons (Fsp3) is 0.300. The largest absolute Gasteiger partial charge is 0.452 e. The Hall–Kier alpha value is -2.47. The highest BCUT2D eigenvalue weighted by atomic mass is 32.2. The Morgan fingerprint density at radius 2 is 1.69 bits per heavy atom. The fourth-order valence-electron chi connectivity index (χ4n) is 2.56. The van der Waals surface area contributed by atoms with Gasteiger partial charge in [-0.1, -0.05) is 12.1 Å². The first-order valence-corrected chi connectivity index (χ1v) is 9.76. The molecule has 0 fully saturated rings. The smallest absolute Gasteiger partial charge is 0.339 e. The van der Waals surface area contributed by atoms with Crippen LogP contribution >= 0.6 is 11.8 Å². The molecule has 26 heavy (non-hydrogen) atoms. The van der Waals surface area contributed by atoms with Crippen molar-refractivity contribution in [2.24, 2.45) is 0 Å². The third kappa shape index (κ3) is 5.26. The molecule has 0 heterocycles. The van der Waals surface area contributed by atoms with Crippen LogP contribution < -0.4 is 10.2 Å². The first-order chi connectivity index (χ1) is 12.6. The molecule has 0 aromatic heterocycles. The lowest BCUT2D eigenvalue weighted by molar-refractivity contribution is -0.119. The highest BCUT2D eigenvalue weighted by Gasteiger charge is 2.14. The molecule has 1 N–H and O–H groups in total. The SMILES string of the molecule is CCN(CC)c1ccc(NC(=O)COC(=O)c2ccccc2SC)cc1. The minimum absolute atomic E-state index is 0.320. The second-order valence-corrected chi connectivity index (χ2v) is 6.39. The van der Waals surface area contributed by atoms with Crippen LogP contribution in [-0.4, -0.2) is 37.8 Å². The maximum atomic E-state index is 12.1. The molecule has 2 aromatic carbocycles. The number of anilines is 2. The Kier molecular flexibility index (Phi) is 7.53. The Labute approximate surface area is 158 Å². The number of nitrogens with zero attached hydrogens (tertiary/aromatic N) is 1. The molecular weight excluding hydrogens is 348 g/mol. The molecule has 0 bridgehead atoms. The first-order valence-electron chi connectivity index (χ1n) is 8.54. The minimum atomic E-state index is -0.498. The zero-order valence-corrected chi connectivity index (χ0v) is 16.1. The number of benzene rings is 2. The Bertz CT molecular complexity index is 743. The van der Waals surface area contributed by atoms with Crippen molar-refractivity contribution < 1.29 is 14.3 Å². The highest BCUT2D eigenvalue weighted by Crippen LogP contribution is 2.21. The fourth-order valence-corrected chi connectivity index (χ4v) is 3.15. The summed E-state index contributed by atoms with van der Waals surface area (Å²) >= 11 is 1.46. The molecular formula is C20H24N2O3S. The lowest BCUT2D eigenvalue weighted by Gasteiger charge is -2.21. The topological polar surface area (TPSA) is 58.6 Å². The number of rotatable bonds is 8. The standard InChI is InChI=1S/C20H24N2O3S/c1-4-22(5-2)16-12-10-15(11-13-16)21-19(23)14-25-20(24)17-8-6-7-9-18(17)26-3/h6-13H,4-5,14H2,1-3H3,(H,21,23). The third-order valence-corrected chi connectivity index (χ3v) is 4.74. The Morgan fingerprint density at radius 3 is 2.31 bits per heavy atom. The molecule has 0 aliphatic carbocycles. The number of nitrogens with one attached hydrogen (secondary N) is 1. The maximum absolute atomic E-state index is 12.1. The van der Waals surface area contributed by atoms with Gasteiger partial charge in [0.05, 0.1) is 5.56 Å². The van der Waals surface area contributed by atoms with E-state index >= 15 is 0 Å². The predicted molar refractivity (Wildman–Crippen MR) is 107 cm³/mol. The monoisotopic (exact) mass is 372 g/mol. The summed E-state index contributed by atoms with van der Waals surface area (Å²) in [6.45, 7) is 5.73. The quantitative estimate of drug-likeness (QED) is 0.560. The summed E-state index contributed by atoms with van der Waals surface area (Å²) < 4.78 is 5.13. The molecule has 6 heteroatoms. The van der Waals surface area contributed by atoms with Crippen LogP contribution in [0.3, 0.4) is 0 Å². The second-order valence-electron chi connectivity index (χ2n) is 5.54. The Morgan fingerprint density at radius 1 is 1.04 bits per heavy atom. The predicted octanol–water partition coefficient (Wildman–Crippen LogP) is 4.05. The average Bonchev–Trinajstić information content (AvgIpc) is 2.68. The van der Waals surface area contributed by atoms with Crippen molar-refractivity contribution in [2.45, 2.75) is 18.7 Å². The zero-order valence-electron chi connectivity index (χ0n) is 15.3. The van der Waals surface area contributed by atoms with Crippen LogP contribution in [-0.2, 0) is 9.53 Å². The van der Waals surface area contributed by atoms with E-state index < -0.39 is 5.97 Å². The summed E-state index contributed by atoms with van der Waals surface area (Å²) in [5.74, 6) is -0.863. The normalized spacial score (nSPS) is 10.3. The molecule has 5 nitrogen and oxygen atoms in total. The van der Waals surface area contributed by atoms with Gasteiger partial charge in [0, 0.05) is 29.4 Å². The molecule has 0 aliphatic heterocycles. The summed E-state index contributed by atoms with van der Waals surface area (Å²) in [5, 5.41) is 2.74. The van der Waals surface area contributed by atoms with E-state index in [2.05, 4.69) is 24.1 Å². The van der Waals surface area contributed by atoms with Gasteiger partial charge in [0.1, 0.15) is 0 Å². The van der Waals surface area contributed by atoms with Gasteiger partial charge in [0.15, 0.2) is 6.61 Å². The maximum Gasteiger partial charge on any atom is 0.339 e. The molecule has 0 spiro atoms. The van der Waals surface area contributed by atoms with Gasteiger partial charge in [-0.15, -0.1) is 11.8 Å². The number of hydrogen-bond acceptors (Lipinski definition) is 5. The molecule has 0 aliphatic rings. The number of hydrogen-bond donors (Lipinski definition) is 1. The van der Waals surface area contributed by atoms with E-state index in [1.54, 1.807) is 12.1 Å². The minimum Gasteiger partial charge on any atom is -0.452 e. The third-order valence-electron chi connectivity index (χ3n) is 3.94. The molecule has 0 radical (unpaired) electrons. The molecule has 0 atom stereocenters. The van der Waals surface area contributed by atoms with Gasteiger partial charge in [0.25, 0.3) is 5.91 Å². The second kappa shape index (κ2) is 9.87. The van der Waals surface area contributed by atoms with Gasteiger partial charge in [-0.3, -0.25) is 4.79 Å². The van der Waals surface area contributed by atoms with Gasteiger partial charge in [-0.05, 0) is 56.5 Å². The van der Waals surface area contributed by atoms with Crippen molar-refractivity contribution in [3.05, 3.63) is 54.1 Å². The number of ether oxygens (including phenoxy) is 1. The summed E-state index contributed by atoms with van der Waals surface area (Å²) in [6.07, 6.45) is 1.89. The van der Waals surface area contributed by atoms with E-state index in [4.69, 9.17) is 4.74 Å². The van der Waals surface area contributed by atoms with Crippen molar-refractivity contribution in [3.8, 4) is 0 Å². The van der Waals surface area contributed by atoms with E-state index in [-0.39, 0.29) is 12.5 Å². The first kappa shape index (κ1) is 19.8. The summed E-state index contributed by atoms with van der Waals surface area (Å²) in [6, 6.07) is 14.8. The molecule has 0 unspecified atom stereocenters. The highest BCUT2D eigenvalue weighted by molar-refractivity contribution is 7.98. The van der Waals surface area contributed by atoms with Gasteiger partial charge in [-0.2, -0.15) is 0 Å². The lowest BCUT2D eigenvalue weighted by Crippen LogP contribution is -2.22. The molecule has 0 saturated heterocycles. The molecule has 0 saturated carbocycles. The average molecular weight is 372 g/mol. The molecule has 2 aromatic rings. The van der Waals surface area contributed by atoms with E-state index in [0.29, 0.717) is 11.3 Å². The van der Waals surface area contributed by atoms with Crippen LogP contribution in [0.1, 0.15) is 24.2 Å². The van der Waals surface area contributed by atoms with Crippen molar-refractivity contribution >= 4 is 35.0 Å². The van der Waals surface area contributed by atoms with E-state index in [1.165, 1.54) is 11.8 Å². The molecule has 2 rings (SSSR count). The van der Waals surface area contributed by atoms with Crippen molar-refractivity contribution in [3.63, 3.8) is 0 Å². The lowest BCUT2D eigenvalue weighted by atomic mass is 10.2. The van der Waals surface area contributed by atoms with Crippen LogP contribution in [0.2, 0.25) is 0 Å². The van der Waals surface area contributed by atoms with Gasteiger partial charge >= 0.3 is 5.97 Å². The van der Waals surface area contributed by atoms with E-state index in [0.717, 1.165) is 23.7 Å². The number of carbonyl (C=O) groups is 2. The van der Waals surface area contributed by atoms with Crippen LogP contribution in [0.4, 0.5) is 11.4 Å². The van der Waals surface area contributed by atoms with Gasteiger partial charge < -0.3 is 15.0 Å². The molecule has 1 amide bonds. The van der Waals surface area contributed by atoms with E-state index in [9.17, 15) is 9.59 Å². The van der Waals surface area contributed by atoms with Crippen LogP contribution in [0, 0.1) is 0 Å². The van der Waals surface area contributed by atoms with Gasteiger partial charge in [0.2, 0.25) is 0 Å². The summed E-state index contributed by atoms with van der Waals surface area (Å²) in [5.41, 5.74) is 2.25. The van der Waals surface area contributed by atoms with Crippen LogP contribution in [0.5, 0.6) is 0 Å². The van der Waals surface area contributed by atoms with E-state index in [1.807, 2.05) is 42.7 Å². The number of thioether (sulfide) groups is 1. The van der Waals surface area contributed by atoms with Crippen molar-refractivity contribution in [2.75, 3.05) is 36.2 Å². The zero-order chi connectivity index (χ0) is 18.9. The van der Waals surface area contributed by atoms with Crippen molar-refractivity contribution in [1.29, 1.82) is 0 Å². The number of carbonyl (C=O) groups excluding carboxylic acids is 2. The summed E-state index contributed by atoms with van der Waals surface area (Å²) in [7, 11) is 0. The van der Waals surface area contributed by atoms with Gasteiger partial charge in [-0.25, -0.2) is 4.79 Å².